The predicted molar refractivity (Wildman–Crippen MR) is 84.4 cm³/mol. The zero-order valence-corrected chi connectivity index (χ0v) is 13.2. The fourth-order valence-electron chi connectivity index (χ4n) is 2.58. The molecule has 20 heavy (non-hydrogen) atoms. The van der Waals surface area contributed by atoms with Gasteiger partial charge in [0, 0.05) is 5.69 Å². The van der Waals surface area contributed by atoms with E-state index in [1.165, 1.54) is 28.1 Å². The van der Waals surface area contributed by atoms with Crippen LogP contribution < -0.4 is 5.73 Å². The maximum atomic E-state index is 5.75. The van der Waals surface area contributed by atoms with Gasteiger partial charge < -0.3 is 5.73 Å². The summed E-state index contributed by atoms with van der Waals surface area (Å²) in [5, 5.41) is 4.75. The van der Waals surface area contributed by atoms with Crippen molar-refractivity contribution in [3.63, 3.8) is 0 Å². The van der Waals surface area contributed by atoms with E-state index in [0.717, 1.165) is 12.1 Å². The number of aromatic nitrogens is 2. The van der Waals surface area contributed by atoms with Gasteiger partial charge in [0.2, 0.25) is 0 Å². The lowest BCUT2D eigenvalue weighted by Crippen LogP contribution is -2.14. The molecule has 0 amide bonds. The molecule has 0 saturated heterocycles. The average Bonchev–Trinajstić information content (AvgIpc) is 2.69. The topological polar surface area (TPSA) is 43.8 Å². The van der Waals surface area contributed by atoms with Crippen molar-refractivity contribution in [3.8, 4) is 5.69 Å². The molecule has 2 N–H and O–H groups in total. The molecule has 0 fully saturated rings. The van der Waals surface area contributed by atoms with Gasteiger partial charge in [0.25, 0.3) is 0 Å². The van der Waals surface area contributed by atoms with Crippen molar-refractivity contribution in [1.82, 2.24) is 9.78 Å². The Morgan fingerprint density at radius 3 is 2.55 bits per heavy atom. The lowest BCUT2D eigenvalue weighted by Gasteiger charge is -2.11. The van der Waals surface area contributed by atoms with Crippen LogP contribution in [0.3, 0.4) is 0 Å². The number of nitrogens with two attached hydrogens (primary N) is 1. The van der Waals surface area contributed by atoms with Crippen LogP contribution in [0.1, 0.15) is 35.0 Å². The van der Waals surface area contributed by atoms with Crippen molar-refractivity contribution in [2.24, 2.45) is 11.7 Å². The van der Waals surface area contributed by atoms with Gasteiger partial charge in [-0.05, 0) is 69.3 Å². The number of benzene rings is 1. The summed E-state index contributed by atoms with van der Waals surface area (Å²) in [6, 6.07) is 6.50. The van der Waals surface area contributed by atoms with Gasteiger partial charge in [-0.2, -0.15) is 5.10 Å². The zero-order valence-electron chi connectivity index (χ0n) is 13.2. The highest BCUT2D eigenvalue weighted by Crippen LogP contribution is 2.23. The minimum Gasteiger partial charge on any atom is -0.330 e. The third-order valence-corrected chi connectivity index (χ3v) is 3.99. The normalized spacial score (nSPS) is 12.7. The number of hydrogen-bond donors (Lipinski definition) is 1. The Balaban J connectivity index is 2.48. The van der Waals surface area contributed by atoms with E-state index in [1.54, 1.807) is 0 Å². The van der Waals surface area contributed by atoms with E-state index in [1.807, 2.05) is 0 Å². The van der Waals surface area contributed by atoms with Gasteiger partial charge in [0.05, 0.1) is 11.4 Å². The lowest BCUT2D eigenvalue weighted by molar-refractivity contribution is 0.589. The highest BCUT2D eigenvalue weighted by molar-refractivity contribution is 5.45. The number of hydrogen-bond acceptors (Lipinski definition) is 2. The molecule has 3 heteroatoms. The molecule has 1 aromatic heterocycles. The summed E-state index contributed by atoms with van der Waals surface area (Å²) >= 11 is 0. The quantitative estimate of drug-likeness (QED) is 0.927. The number of aryl methyl sites for hydroxylation is 3. The van der Waals surface area contributed by atoms with Gasteiger partial charge in [-0.3, -0.25) is 0 Å². The standard InChI is InChI=1S/C17H25N3/c1-11-6-7-13(3)17(9-11)20-15(5)16(14(4)19-20)8-12(2)10-18/h6-7,9,12H,8,10,18H2,1-5H3. The van der Waals surface area contributed by atoms with Gasteiger partial charge in [-0.25, -0.2) is 4.68 Å². The second kappa shape index (κ2) is 5.80. The van der Waals surface area contributed by atoms with Crippen LogP contribution in [0.4, 0.5) is 0 Å². The van der Waals surface area contributed by atoms with E-state index in [0.29, 0.717) is 12.5 Å². The molecule has 0 aliphatic rings. The Morgan fingerprint density at radius 2 is 1.90 bits per heavy atom. The van der Waals surface area contributed by atoms with Crippen LogP contribution in [0.5, 0.6) is 0 Å². The van der Waals surface area contributed by atoms with Gasteiger partial charge in [-0.1, -0.05) is 19.1 Å². The smallest absolute Gasteiger partial charge is 0.0680 e. The van der Waals surface area contributed by atoms with E-state index in [2.05, 4.69) is 57.5 Å². The van der Waals surface area contributed by atoms with Crippen LogP contribution in [0.25, 0.3) is 5.69 Å². The summed E-state index contributed by atoms with van der Waals surface area (Å²) < 4.78 is 2.08. The fourth-order valence-corrected chi connectivity index (χ4v) is 2.58. The third kappa shape index (κ3) is 2.78. The van der Waals surface area contributed by atoms with E-state index >= 15 is 0 Å². The molecule has 1 unspecified atom stereocenters. The van der Waals surface area contributed by atoms with E-state index in [9.17, 15) is 0 Å². The summed E-state index contributed by atoms with van der Waals surface area (Å²) in [6.07, 6.45) is 0.999. The lowest BCUT2D eigenvalue weighted by atomic mass is 10.00. The molecule has 0 radical (unpaired) electrons. The van der Waals surface area contributed by atoms with Crippen LogP contribution >= 0.6 is 0 Å². The van der Waals surface area contributed by atoms with Gasteiger partial charge in [0.15, 0.2) is 0 Å². The second-order valence-electron chi connectivity index (χ2n) is 5.90. The Hall–Kier alpha value is -1.61. The van der Waals surface area contributed by atoms with Crippen molar-refractivity contribution in [3.05, 3.63) is 46.3 Å². The molecule has 2 rings (SSSR count). The Labute approximate surface area is 121 Å². The first-order valence-electron chi connectivity index (χ1n) is 7.26. The molecule has 0 bridgehead atoms. The molecule has 0 spiro atoms. The van der Waals surface area contributed by atoms with Crippen LogP contribution in [-0.4, -0.2) is 16.3 Å². The first-order valence-corrected chi connectivity index (χ1v) is 7.26. The van der Waals surface area contributed by atoms with Crippen molar-refractivity contribution < 1.29 is 0 Å². The van der Waals surface area contributed by atoms with E-state index in [-0.39, 0.29) is 0 Å². The Bertz CT molecular complexity index is 611. The maximum Gasteiger partial charge on any atom is 0.0680 e. The van der Waals surface area contributed by atoms with Crippen LogP contribution in [0, 0.1) is 33.6 Å². The molecule has 108 valence electrons. The third-order valence-electron chi connectivity index (χ3n) is 3.99. The van der Waals surface area contributed by atoms with Crippen molar-refractivity contribution in [2.75, 3.05) is 6.54 Å². The molecule has 0 saturated carbocycles. The molecule has 1 aromatic carbocycles. The molecule has 3 nitrogen and oxygen atoms in total. The van der Waals surface area contributed by atoms with Gasteiger partial charge in [-0.15, -0.1) is 0 Å². The molecule has 1 atom stereocenters. The predicted octanol–water partition coefficient (Wildman–Crippen LogP) is 3.24. The van der Waals surface area contributed by atoms with Crippen molar-refractivity contribution in [1.29, 1.82) is 0 Å². The summed E-state index contributed by atoms with van der Waals surface area (Å²) in [4.78, 5) is 0. The minimum atomic E-state index is 0.489. The van der Waals surface area contributed by atoms with Crippen LogP contribution in [0.2, 0.25) is 0 Å². The molecule has 0 aliphatic heterocycles. The zero-order chi connectivity index (χ0) is 14.9. The SMILES string of the molecule is Cc1ccc(C)c(-n2nc(C)c(CC(C)CN)c2C)c1. The first-order chi connectivity index (χ1) is 9.43. The molecular weight excluding hydrogens is 246 g/mol. The van der Waals surface area contributed by atoms with Gasteiger partial charge in [0.1, 0.15) is 0 Å². The second-order valence-corrected chi connectivity index (χ2v) is 5.90. The maximum absolute atomic E-state index is 5.75. The van der Waals surface area contributed by atoms with Crippen LogP contribution in [-0.2, 0) is 6.42 Å². The number of rotatable bonds is 4. The Kier molecular flexibility index (Phi) is 4.29. The van der Waals surface area contributed by atoms with E-state index < -0.39 is 0 Å². The molecule has 2 aromatic rings. The van der Waals surface area contributed by atoms with Crippen molar-refractivity contribution >= 4 is 0 Å². The van der Waals surface area contributed by atoms with E-state index in [4.69, 9.17) is 10.8 Å². The van der Waals surface area contributed by atoms with Crippen molar-refractivity contribution in [2.45, 2.75) is 41.0 Å². The van der Waals surface area contributed by atoms with Crippen LogP contribution in [0.15, 0.2) is 18.2 Å². The highest BCUT2D eigenvalue weighted by atomic mass is 15.3. The summed E-state index contributed by atoms with van der Waals surface area (Å²) in [5.41, 5.74) is 13.1. The fraction of sp³-hybridized carbons (Fsp3) is 0.471. The first kappa shape index (κ1) is 14.8. The summed E-state index contributed by atoms with van der Waals surface area (Å²) in [5.74, 6) is 0.489. The molecule has 1 heterocycles. The molecule has 0 aliphatic carbocycles. The summed E-state index contributed by atoms with van der Waals surface area (Å²) in [6.45, 7) is 11.4. The Morgan fingerprint density at radius 1 is 1.20 bits per heavy atom. The number of nitrogens with zero attached hydrogens (tertiary/aromatic N) is 2. The van der Waals surface area contributed by atoms with Gasteiger partial charge >= 0.3 is 0 Å². The summed E-state index contributed by atoms with van der Waals surface area (Å²) in [7, 11) is 0. The average molecular weight is 271 g/mol. The minimum absolute atomic E-state index is 0.489. The molecular formula is C17H25N3. The monoisotopic (exact) mass is 271 g/mol. The largest absolute Gasteiger partial charge is 0.330 e. The highest BCUT2D eigenvalue weighted by Gasteiger charge is 2.15.